The van der Waals surface area contributed by atoms with Gasteiger partial charge in [-0.3, -0.25) is 4.79 Å². The van der Waals surface area contributed by atoms with Crippen molar-refractivity contribution in [2.75, 3.05) is 37.0 Å². The van der Waals surface area contributed by atoms with Crippen LogP contribution >= 0.6 is 11.3 Å². The first-order chi connectivity index (χ1) is 22.2. The van der Waals surface area contributed by atoms with Crippen LogP contribution in [0.1, 0.15) is 75.0 Å². The molecule has 1 aliphatic heterocycles. The molecule has 2 aromatic heterocycles. The number of benzene rings is 2. The van der Waals surface area contributed by atoms with Crippen LogP contribution in [0.15, 0.2) is 54.7 Å². The topological polar surface area (TPSA) is 107 Å². The largest absolute Gasteiger partial charge is 0.493 e. The van der Waals surface area contributed by atoms with Crippen molar-refractivity contribution in [1.29, 1.82) is 0 Å². The minimum atomic E-state index is -0.502. The summed E-state index contributed by atoms with van der Waals surface area (Å²) in [7, 11) is 1.37. The minimum absolute atomic E-state index is 0.0372. The quantitative estimate of drug-likeness (QED) is 0.151. The molecule has 2 aromatic carbocycles. The molecule has 1 amide bonds. The SMILES string of the molecule is COC(=O)c1cnc(N2CCC(CCC(C)C)(C(=O)Nc3nc4ccccc4s3)CC2)nc1CCc1ccc(OCC(C)C)cc1. The van der Waals surface area contributed by atoms with Crippen molar-refractivity contribution in [2.24, 2.45) is 17.3 Å². The van der Waals surface area contributed by atoms with Gasteiger partial charge < -0.3 is 19.7 Å². The fraction of sp³-hybridized carbons (Fsp3) is 0.472. The summed E-state index contributed by atoms with van der Waals surface area (Å²) in [5.41, 5.74) is 2.55. The van der Waals surface area contributed by atoms with Gasteiger partial charge in [-0.1, -0.05) is 63.3 Å². The average molecular weight is 644 g/mol. The molecule has 1 N–H and O–H groups in total. The van der Waals surface area contributed by atoms with Gasteiger partial charge in [0.15, 0.2) is 5.13 Å². The van der Waals surface area contributed by atoms with Crippen molar-refractivity contribution < 1.29 is 19.1 Å². The van der Waals surface area contributed by atoms with Gasteiger partial charge in [0.2, 0.25) is 11.9 Å². The van der Waals surface area contributed by atoms with Crippen LogP contribution in [0.3, 0.4) is 0 Å². The highest BCUT2D eigenvalue weighted by molar-refractivity contribution is 7.22. The molecule has 0 bridgehead atoms. The van der Waals surface area contributed by atoms with Gasteiger partial charge in [-0.2, -0.15) is 0 Å². The van der Waals surface area contributed by atoms with Crippen LogP contribution in [0.5, 0.6) is 5.75 Å². The highest BCUT2D eigenvalue weighted by Crippen LogP contribution is 2.40. The van der Waals surface area contributed by atoms with Crippen molar-refractivity contribution in [3.8, 4) is 5.75 Å². The van der Waals surface area contributed by atoms with Gasteiger partial charge >= 0.3 is 5.97 Å². The number of aromatic nitrogens is 3. The number of aryl methyl sites for hydroxylation is 2. The number of esters is 1. The number of carbonyl (C=O) groups is 2. The fourth-order valence-electron chi connectivity index (χ4n) is 5.75. The summed E-state index contributed by atoms with van der Waals surface area (Å²) in [6.07, 6.45) is 5.97. The van der Waals surface area contributed by atoms with E-state index in [0.29, 0.717) is 79.6 Å². The number of fused-ring (bicyclic) bond motifs is 1. The van der Waals surface area contributed by atoms with E-state index in [-0.39, 0.29) is 5.91 Å². The number of para-hydroxylation sites is 1. The van der Waals surface area contributed by atoms with E-state index in [1.54, 1.807) is 6.20 Å². The van der Waals surface area contributed by atoms with Gasteiger partial charge in [-0.25, -0.2) is 19.7 Å². The first-order valence-corrected chi connectivity index (χ1v) is 17.1. The molecule has 1 aliphatic rings. The number of nitrogens with zero attached hydrogens (tertiary/aromatic N) is 4. The molecule has 4 aromatic rings. The number of ether oxygens (including phenoxy) is 2. The van der Waals surface area contributed by atoms with E-state index in [1.807, 2.05) is 36.4 Å². The lowest BCUT2D eigenvalue weighted by atomic mass is 9.73. The molecule has 5 rings (SSSR count). The number of methoxy groups -OCH3 is 1. The molecule has 46 heavy (non-hydrogen) atoms. The molecule has 244 valence electrons. The number of anilines is 2. The Morgan fingerprint density at radius 3 is 2.39 bits per heavy atom. The Hall–Kier alpha value is -4.05. The number of nitrogens with one attached hydrogen (secondary N) is 1. The molecule has 1 fully saturated rings. The minimum Gasteiger partial charge on any atom is -0.493 e. The summed E-state index contributed by atoms with van der Waals surface area (Å²) in [6.45, 7) is 10.6. The van der Waals surface area contributed by atoms with E-state index in [0.717, 1.165) is 34.4 Å². The van der Waals surface area contributed by atoms with E-state index in [9.17, 15) is 9.59 Å². The lowest BCUT2D eigenvalue weighted by Gasteiger charge is -2.41. The zero-order valence-corrected chi connectivity index (χ0v) is 28.4. The third-order valence-electron chi connectivity index (χ3n) is 8.62. The van der Waals surface area contributed by atoms with E-state index < -0.39 is 11.4 Å². The van der Waals surface area contributed by atoms with Crippen LogP contribution in [-0.2, 0) is 22.4 Å². The summed E-state index contributed by atoms with van der Waals surface area (Å²) in [4.78, 5) is 42.7. The third kappa shape index (κ3) is 8.20. The monoisotopic (exact) mass is 643 g/mol. The van der Waals surface area contributed by atoms with Crippen LogP contribution in [-0.4, -0.2) is 53.6 Å². The first-order valence-electron chi connectivity index (χ1n) is 16.2. The number of amides is 1. The van der Waals surface area contributed by atoms with Gasteiger partial charge in [-0.15, -0.1) is 0 Å². The Kier molecular flexibility index (Phi) is 10.9. The Labute approximate surface area is 275 Å². The van der Waals surface area contributed by atoms with E-state index in [2.05, 4.69) is 60.0 Å². The lowest BCUT2D eigenvalue weighted by molar-refractivity contribution is -0.127. The highest BCUT2D eigenvalue weighted by Gasteiger charge is 2.42. The van der Waals surface area contributed by atoms with Gasteiger partial charge in [0.1, 0.15) is 5.75 Å². The van der Waals surface area contributed by atoms with Gasteiger partial charge in [0.25, 0.3) is 0 Å². The Balaban J connectivity index is 1.29. The molecule has 1 saturated heterocycles. The number of rotatable bonds is 13. The Bertz CT molecular complexity index is 1590. The van der Waals surface area contributed by atoms with Crippen LogP contribution in [0.2, 0.25) is 0 Å². The Morgan fingerprint density at radius 1 is 0.978 bits per heavy atom. The van der Waals surface area contributed by atoms with Crippen molar-refractivity contribution in [3.63, 3.8) is 0 Å². The molecule has 0 radical (unpaired) electrons. The zero-order chi connectivity index (χ0) is 32.7. The first kappa shape index (κ1) is 33.3. The molecule has 3 heterocycles. The fourth-order valence-corrected chi connectivity index (χ4v) is 6.61. The molecular weight excluding hydrogens is 598 g/mol. The maximum absolute atomic E-state index is 13.9. The van der Waals surface area contributed by atoms with Gasteiger partial charge in [-0.05, 0) is 80.2 Å². The predicted molar refractivity (Wildman–Crippen MR) is 184 cm³/mol. The normalized spacial score (nSPS) is 14.5. The molecule has 0 unspecified atom stereocenters. The second-order valence-corrected chi connectivity index (χ2v) is 14.0. The summed E-state index contributed by atoms with van der Waals surface area (Å²) < 4.78 is 11.9. The highest BCUT2D eigenvalue weighted by atomic mass is 32.1. The van der Waals surface area contributed by atoms with Gasteiger partial charge in [0, 0.05) is 19.3 Å². The number of carbonyl (C=O) groups excluding carboxylic acids is 2. The van der Waals surface area contributed by atoms with E-state index in [1.165, 1.54) is 18.4 Å². The number of hydrogen-bond donors (Lipinski definition) is 1. The van der Waals surface area contributed by atoms with Gasteiger partial charge in [0.05, 0.1) is 40.6 Å². The van der Waals surface area contributed by atoms with Crippen molar-refractivity contribution >= 4 is 44.5 Å². The Morgan fingerprint density at radius 2 is 1.72 bits per heavy atom. The molecular formula is C36H45N5O4S. The van der Waals surface area contributed by atoms with E-state index in [4.69, 9.17) is 14.5 Å². The molecule has 0 spiro atoms. The summed E-state index contributed by atoms with van der Waals surface area (Å²) >= 11 is 1.51. The predicted octanol–water partition coefficient (Wildman–Crippen LogP) is 7.35. The molecule has 0 atom stereocenters. The number of thiazole rings is 1. The second-order valence-electron chi connectivity index (χ2n) is 13.0. The van der Waals surface area contributed by atoms with E-state index >= 15 is 0 Å². The summed E-state index contributed by atoms with van der Waals surface area (Å²) in [5.74, 6) is 1.96. The second kappa shape index (κ2) is 15.0. The summed E-state index contributed by atoms with van der Waals surface area (Å²) in [5, 5.41) is 3.80. The third-order valence-corrected chi connectivity index (χ3v) is 9.57. The number of hydrogen-bond acceptors (Lipinski definition) is 9. The molecule has 10 heteroatoms. The van der Waals surface area contributed by atoms with Crippen molar-refractivity contribution in [1.82, 2.24) is 15.0 Å². The van der Waals surface area contributed by atoms with Crippen LogP contribution in [0.25, 0.3) is 10.2 Å². The standard InChI is InChI=1S/C36H45N5O4S/c1-24(2)16-17-36(33(43)40-35-39-30-8-6-7-9-31(30)46-35)18-20-41(21-19-36)34-37-22-28(32(42)44-5)29(38-34)15-12-26-10-13-27(14-11-26)45-23-25(3)4/h6-11,13-14,22,24-25H,12,15-21,23H2,1-5H3,(H,39,40,43). The van der Waals surface area contributed by atoms with Crippen LogP contribution in [0, 0.1) is 17.3 Å². The maximum atomic E-state index is 13.9. The summed E-state index contributed by atoms with van der Waals surface area (Å²) in [6, 6.07) is 16.0. The number of piperidine rings is 1. The van der Waals surface area contributed by atoms with Crippen molar-refractivity contribution in [3.05, 3.63) is 71.5 Å². The van der Waals surface area contributed by atoms with Crippen LogP contribution < -0.4 is 15.0 Å². The maximum Gasteiger partial charge on any atom is 0.341 e. The van der Waals surface area contributed by atoms with Crippen molar-refractivity contribution in [2.45, 2.75) is 66.2 Å². The lowest BCUT2D eigenvalue weighted by Crippen LogP contribution is -2.47. The molecule has 9 nitrogen and oxygen atoms in total. The average Bonchev–Trinajstić information content (AvgIpc) is 3.48. The molecule has 0 saturated carbocycles. The van der Waals surface area contributed by atoms with Crippen LogP contribution in [0.4, 0.5) is 11.1 Å². The zero-order valence-electron chi connectivity index (χ0n) is 27.5. The smallest absolute Gasteiger partial charge is 0.341 e. The molecule has 0 aliphatic carbocycles.